The van der Waals surface area contributed by atoms with Crippen LogP contribution in [0.4, 0.5) is 0 Å². The number of hydrogen-bond donors (Lipinski definition) is 2. The first-order valence-corrected chi connectivity index (χ1v) is 8.94. The van der Waals surface area contributed by atoms with Gasteiger partial charge in [0.1, 0.15) is 0 Å². The monoisotopic (exact) mass is 315 g/mol. The number of carbonyl (C=O) groups is 1. The number of fused-ring (bicyclic) bond motifs is 2. The lowest BCUT2D eigenvalue weighted by Gasteiger charge is -2.28. The molecule has 1 aromatic carbocycles. The molecule has 4 nitrogen and oxygen atoms in total. The van der Waals surface area contributed by atoms with Gasteiger partial charge in [0.05, 0.1) is 0 Å². The Kier molecular flexibility index (Phi) is 5.68. The maximum atomic E-state index is 12.1. The maximum absolute atomic E-state index is 12.1. The molecule has 0 spiro atoms. The molecule has 2 N–H and O–H groups in total. The first-order chi connectivity index (χ1) is 11.2. The van der Waals surface area contributed by atoms with Crippen LogP contribution in [0.5, 0.6) is 0 Å². The van der Waals surface area contributed by atoms with Crippen LogP contribution in [0.3, 0.4) is 0 Å². The van der Waals surface area contributed by atoms with Gasteiger partial charge < -0.3 is 15.5 Å². The lowest BCUT2D eigenvalue weighted by Crippen LogP contribution is -2.40. The molecule has 2 atom stereocenters. The summed E-state index contributed by atoms with van der Waals surface area (Å²) in [5, 5.41) is 6.73. The summed E-state index contributed by atoms with van der Waals surface area (Å²) >= 11 is 0. The van der Waals surface area contributed by atoms with E-state index in [1.165, 1.54) is 31.2 Å². The molecular weight excluding hydrogens is 286 g/mol. The van der Waals surface area contributed by atoms with Gasteiger partial charge in [0, 0.05) is 38.1 Å². The smallest absolute Gasteiger partial charge is 0.220 e. The van der Waals surface area contributed by atoms with E-state index in [0.29, 0.717) is 24.4 Å². The molecule has 2 bridgehead atoms. The third-order valence-electron chi connectivity index (χ3n) is 5.16. The van der Waals surface area contributed by atoms with Crippen LogP contribution in [0.2, 0.25) is 0 Å². The molecular formula is C19H29N3O. The minimum atomic E-state index is 0.226. The molecule has 1 amide bonds. The molecule has 2 heterocycles. The highest BCUT2D eigenvalue weighted by molar-refractivity contribution is 5.76. The summed E-state index contributed by atoms with van der Waals surface area (Å²) in [6.45, 7) is 2.55. The second-order valence-electron chi connectivity index (χ2n) is 7.25. The first-order valence-electron chi connectivity index (χ1n) is 8.94. The lowest BCUT2D eigenvalue weighted by atomic mass is 9.89. The van der Waals surface area contributed by atoms with Crippen LogP contribution >= 0.6 is 0 Å². The van der Waals surface area contributed by atoms with Gasteiger partial charge in [0.2, 0.25) is 5.91 Å². The summed E-state index contributed by atoms with van der Waals surface area (Å²) < 4.78 is 0. The van der Waals surface area contributed by atoms with Crippen LogP contribution in [-0.2, 0) is 11.3 Å². The van der Waals surface area contributed by atoms with Crippen molar-refractivity contribution in [1.29, 1.82) is 0 Å². The molecule has 2 aliphatic rings. The van der Waals surface area contributed by atoms with Crippen molar-refractivity contribution in [2.75, 3.05) is 20.1 Å². The minimum Gasteiger partial charge on any atom is -0.355 e. The summed E-state index contributed by atoms with van der Waals surface area (Å²) in [5.41, 5.74) is 1.31. The number of amides is 1. The van der Waals surface area contributed by atoms with E-state index in [1.807, 2.05) is 6.07 Å². The highest BCUT2D eigenvalue weighted by Gasteiger charge is 2.34. The Labute approximate surface area is 139 Å². The number of likely N-dealkylation sites (N-methyl/N-ethyl adjacent to an activating group) is 1. The Morgan fingerprint density at radius 1 is 1.22 bits per heavy atom. The van der Waals surface area contributed by atoms with Gasteiger partial charge in [-0.1, -0.05) is 30.3 Å². The third-order valence-corrected chi connectivity index (χ3v) is 5.16. The Hall–Kier alpha value is -1.39. The molecule has 0 aliphatic carbocycles. The van der Waals surface area contributed by atoms with Crippen molar-refractivity contribution in [3.63, 3.8) is 0 Å². The van der Waals surface area contributed by atoms with Gasteiger partial charge in [-0.15, -0.1) is 0 Å². The van der Waals surface area contributed by atoms with E-state index in [4.69, 9.17) is 0 Å². The SMILES string of the molecule is CN(CCNC(=O)CC1CC2CCC(C1)N2)Cc1ccccc1. The van der Waals surface area contributed by atoms with Crippen molar-refractivity contribution < 1.29 is 4.79 Å². The predicted molar refractivity (Wildman–Crippen MR) is 93.1 cm³/mol. The largest absolute Gasteiger partial charge is 0.355 e. The van der Waals surface area contributed by atoms with Crippen LogP contribution in [-0.4, -0.2) is 43.0 Å². The molecule has 2 unspecified atom stereocenters. The summed E-state index contributed by atoms with van der Waals surface area (Å²) in [6.07, 6.45) is 5.66. The van der Waals surface area contributed by atoms with E-state index in [0.717, 1.165) is 19.6 Å². The van der Waals surface area contributed by atoms with Crippen LogP contribution in [0.15, 0.2) is 30.3 Å². The molecule has 0 saturated carbocycles. The third kappa shape index (κ3) is 5.05. The molecule has 1 aromatic rings. The molecule has 0 aromatic heterocycles. The molecule has 23 heavy (non-hydrogen) atoms. The zero-order valence-electron chi connectivity index (χ0n) is 14.1. The fraction of sp³-hybridized carbons (Fsp3) is 0.632. The zero-order valence-corrected chi connectivity index (χ0v) is 14.1. The lowest BCUT2D eigenvalue weighted by molar-refractivity contribution is -0.122. The van der Waals surface area contributed by atoms with Gasteiger partial charge >= 0.3 is 0 Å². The number of benzene rings is 1. The van der Waals surface area contributed by atoms with Gasteiger partial charge in [-0.05, 0) is 44.2 Å². The number of hydrogen-bond acceptors (Lipinski definition) is 3. The van der Waals surface area contributed by atoms with E-state index < -0.39 is 0 Å². The predicted octanol–water partition coefficient (Wildman–Crippen LogP) is 2.16. The van der Waals surface area contributed by atoms with E-state index in [-0.39, 0.29) is 5.91 Å². The van der Waals surface area contributed by atoms with Crippen molar-refractivity contribution in [2.45, 2.75) is 50.7 Å². The number of nitrogens with one attached hydrogen (secondary N) is 2. The van der Waals surface area contributed by atoms with E-state index in [9.17, 15) is 4.79 Å². The van der Waals surface area contributed by atoms with E-state index in [1.54, 1.807) is 0 Å². The van der Waals surface area contributed by atoms with Crippen molar-refractivity contribution in [3.05, 3.63) is 35.9 Å². The summed E-state index contributed by atoms with van der Waals surface area (Å²) in [6, 6.07) is 11.8. The number of piperidine rings is 1. The zero-order chi connectivity index (χ0) is 16.1. The molecule has 2 aliphatic heterocycles. The average Bonchev–Trinajstić information content (AvgIpc) is 2.87. The molecule has 4 heteroatoms. The van der Waals surface area contributed by atoms with Gasteiger partial charge in [-0.2, -0.15) is 0 Å². The fourth-order valence-corrected chi connectivity index (χ4v) is 4.04. The second-order valence-corrected chi connectivity index (χ2v) is 7.25. The molecule has 2 saturated heterocycles. The standard InChI is InChI=1S/C19H29N3O/c1-22(14-15-5-3-2-4-6-15)10-9-20-19(23)13-16-11-17-7-8-18(12-16)21-17/h2-6,16-18,21H,7-14H2,1H3,(H,20,23). The second kappa shape index (κ2) is 7.93. The minimum absolute atomic E-state index is 0.226. The highest BCUT2D eigenvalue weighted by Crippen LogP contribution is 2.32. The summed E-state index contributed by atoms with van der Waals surface area (Å²) in [4.78, 5) is 14.4. The molecule has 3 rings (SSSR count). The van der Waals surface area contributed by atoms with Gasteiger partial charge in [-0.3, -0.25) is 4.79 Å². The quantitative estimate of drug-likeness (QED) is 0.810. The number of nitrogens with zero attached hydrogens (tertiary/aromatic N) is 1. The van der Waals surface area contributed by atoms with Crippen LogP contribution < -0.4 is 10.6 Å². The van der Waals surface area contributed by atoms with Crippen LogP contribution in [0.1, 0.15) is 37.7 Å². The molecule has 126 valence electrons. The highest BCUT2D eigenvalue weighted by atomic mass is 16.1. The van der Waals surface area contributed by atoms with Crippen molar-refractivity contribution in [3.8, 4) is 0 Å². The molecule has 2 fully saturated rings. The summed E-state index contributed by atoms with van der Waals surface area (Å²) in [7, 11) is 2.10. The van der Waals surface area contributed by atoms with Crippen LogP contribution in [0, 0.1) is 5.92 Å². The van der Waals surface area contributed by atoms with Crippen molar-refractivity contribution >= 4 is 5.91 Å². The number of carbonyl (C=O) groups excluding carboxylic acids is 1. The first kappa shape index (κ1) is 16.5. The Balaban J connectivity index is 1.31. The average molecular weight is 315 g/mol. The Morgan fingerprint density at radius 2 is 1.91 bits per heavy atom. The maximum Gasteiger partial charge on any atom is 0.220 e. The van der Waals surface area contributed by atoms with Gasteiger partial charge in [0.15, 0.2) is 0 Å². The van der Waals surface area contributed by atoms with Gasteiger partial charge in [-0.25, -0.2) is 0 Å². The van der Waals surface area contributed by atoms with Gasteiger partial charge in [0.25, 0.3) is 0 Å². The Bertz CT molecular complexity index is 493. The summed E-state index contributed by atoms with van der Waals surface area (Å²) in [5.74, 6) is 0.806. The topological polar surface area (TPSA) is 44.4 Å². The normalized spacial score (nSPS) is 26.4. The fourth-order valence-electron chi connectivity index (χ4n) is 4.04. The van der Waals surface area contributed by atoms with Crippen LogP contribution in [0.25, 0.3) is 0 Å². The number of rotatable bonds is 7. The van der Waals surface area contributed by atoms with Crippen molar-refractivity contribution in [2.24, 2.45) is 5.92 Å². The van der Waals surface area contributed by atoms with E-state index >= 15 is 0 Å². The Morgan fingerprint density at radius 3 is 2.61 bits per heavy atom. The van der Waals surface area contributed by atoms with E-state index in [2.05, 4.69) is 46.8 Å². The molecule has 0 radical (unpaired) electrons. The van der Waals surface area contributed by atoms with Crippen molar-refractivity contribution in [1.82, 2.24) is 15.5 Å².